The molecule has 2 aliphatic heterocycles. The van der Waals surface area contributed by atoms with E-state index in [1.54, 1.807) is 12.1 Å². The van der Waals surface area contributed by atoms with Gasteiger partial charge in [0, 0.05) is 40.9 Å². The van der Waals surface area contributed by atoms with Gasteiger partial charge in [-0.25, -0.2) is 9.18 Å². The van der Waals surface area contributed by atoms with E-state index >= 15 is 0 Å². The molecule has 2 saturated heterocycles. The minimum Gasteiger partial charge on any atom is -0.368 e. The maximum Gasteiger partial charge on any atom is 0.313 e. The highest BCUT2D eigenvalue weighted by molar-refractivity contribution is 6.79. The van der Waals surface area contributed by atoms with Gasteiger partial charge in [0.1, 0.15) is 5.82 Å². The van der Waals surface area contributed by atoms with Gasteiger partial charge in [0.2, 0.25) is 0 Å². The predicted octanol–water partition coefficient (Wildman–Crippen LogP) is 7.19. The average molecular weight is 571 g/mol. The summed E-state index contributed by atoms with van der Waals surface area (Å²) in [5.74, 6) is -0.309. The molecular weight excluding hydrogens is 531 g/mol. The second kappa shape index (κ2) is 9.61. The molecule has 0 bridgehead atoms. The molecule has 2 aliphatic rings. The van der Waals surface area contributed by atoms with Crippen LogP contribution in [-0.2, 0) is 5.66 Å². The van der Waals surface area contributed by atoms with Gasteiger partial charge < -0.3 is 19.6 Å². The van der Waals surface area contributed by atoms with Crippen LogP contribution >= 0.6 is 11.6 Å². The van der Waals surface area contributed by atoms with E-state index in [-0.39, 0.29) is 16.9 Å². The van der Waals surface area contributed by atoms with E-state index in [4.69, 9.17) is 11.6 Å². The van der Waals surface area contributed by atoms with Crippen LogP contribution in [0.2, 0.25) is 23.2 Å². The first-order chi connectivity index (χ1) is 18.3. The van der Waals surface area contributed by atoms with Crippen molar-refractivity contribution in [1.82, 2.24) is 19.3 Å². The Morgan fingerprint density at radius 3 is 2.31 bits per heavy atom. The summed E-state index contributed by atoms with van der Waals surface area (Å²) in [6.07, 6.45) is 5.42. The maximum atomic E-state index is 14.2. The molecule has 39 heavy (non-hydrogen) atoms. The van der Waals surface area contributed by atoms with Crippen LogP contribution in [0.15, 0.2) is 48.7 Å². The number of hydrogen-bond acceptors (Lipinski definition) is 3. The van der Waals surface area contributed by atoms with Gasteiger partial charge in [-0.05, 0) is 66.8 Å². The quantitative estimate of drug-likeness (QED) is 0.319. The zero-order chi connectivity index (χ0) is 28.4. The van der Waals surface area contributed by atoms with E-state index < -0.39 is 19.6 Å². The molecule has 2 atom stereocenters. The molecule has 2 amide bonds. The van der Waals surface area contributed by atoms with E-state index in [1.807, 2.05) is 40.5 Å². The summed E-state index contributed by atoms with van der Waals surface area (Å²) < 4.78 is 17.7. The highest BCUT2D eigenvalue weighted by Crippen LogP contribution is 2.54. The lowest BCUT2D eigenvalue weighted by Gasteiger charge is -2.55. The summed E-state index contributed by atoms with van der Waals surface area (Å²) in [6.45, 7) is 14.3. The van der Waals surface area contributed by atoms with E-state index in [1.165, 1.54) is 12.1 Å². The first kappa shape index (κ1) is 28.1. The van der Waals surface area contributed by atoms with Crippen molar-refractivity contribution in [3.63, 3.8) is 0 Å². The number of likely N-dealkylation sites (tertiary alicyclic amines) is 1. The van der Waals surface area contributed by atoms with Gasteiger partial charge in [0.05, 0.1) is 5.52 Å². The number of piperidine rings is 1. The van der Waals surface area contributed by atoms with Gasteiger partial charge >= 0.3 is 6.03 Å². The zero-order valence-corrected chi connectivity index (χ0v) is 25.6. The molecule has 9 heteroatoms. The third kappa shape index (κ3) is 4.14. The third-order valence-corrected chi connectivity index (χ3v) is 15.0. The molecule has 2 fully saturated rings. The number of carbonyl (C=O) groups is 1. The Hall–Kier alpha value is -2.39. The summed E-state index contributed by atoms with van der Waals surface area (Å²) in [4.78, 5) is 16.5. The van der Waals surface area contributed by atoms with E-state index in [2.05, 4.69) is 44.1 Å². The van der Waals surface area contributed by atoms with Gasteiger partial charge in [0.15, 0.2) is 19.6 Å². The molecule has 1 aromatic heterocycles. The van der Waals surface area contributed by atoms with Gasteiger partial charge in [-0.15, -0.1) is 0 Å². The fourth-order valence-corrected chi connectivity index (χ4v) is 9.08. The number of carbonyl (C=O) groups excluding carboxylic acids is 1. The van der Waals surface area contributed by atoms with Crippen LogP contribution in [-0.4, -0.2) is 52.2 Å². The normalized spacial score (nSPS) is 24.9. The van der Waals surface area contributed by atoms with Crippen LogP contribution in [0.25, 0.3) is 16.6 Å². The Morgan fingerprint density at radius 2 is 1.72 bits per heavy atom. The molecule has 3 heterocycles. The monoisotopic (exact) mass is 570 g/mol. The topological polar surface area (TPSA) is 60.7 Å². The summed E-state index contributed by atoms with van der Waals surface area (Å²) in [5.41, 5.74) is -0.271. The number of nitrogens with zero attached hydrogens (tertiary/aromatic N) is 3. The van der Waals surface area contributed by atoms with Gasteiger partial charge in [-0.2, -0.15) is 0 Å². The molecule has 0 saturated carbocycles. The van der Waals surface area contributed by atoms with Crippen molar-refractivity contribution in [2.75, 3.05) is 13.1 Å². The predicted molar refractivity (Wildman–Crippen MR) is 158 cm³/mol. The van der Waals surface area contributed by atoms with Gasteiger partial charge in [-0.3, -0.25) is 4.90 Å². The van der Waals surface area contributed by atoms with Crippen molar-refractivity contribution in [1.29, 1.82) is 0 Å². The van der Waals surface area contributed by atoms with Crippen LogP contribution in [0.1, 0.15) is 58.9 Å². The fraction of sp³-hybridized carbons (Fsp3) is 0.500. The minimum atomic E-state index is -2.55. The molecule has 6 nitrogen and oxygen atoms in total. The van der Waals surface area contributed by atoms with Crippen LogP contribution in [0.5, 0.6) is 0 Å². The summed E-state index contributed by atoms with van der Waals surface area (Å²) in [5, 5.41) is 17.7. The maximum absolute atomic E-state index is 14.2. The second-order valence-corrected chi connectivity index (χ2v) is 18.1. The summed E-state index contributed by atoms with van der Waals surface area (Å²) >= 11 is 6.57. The van der Waals surface area contributed by atoms with E-state index in [0.717, 1.165) is 54.5 Å². The van der Waals surface area contributed by atoms with E-state index in [0.29, 0.717) is 11.4 Å². The molecule has 0 radical (unpaired) electrons. The molecule has 2 N–H and O–H groups in total. The Labute approximate surface area is 236 Å². The number of hydrogen-bond donors (Lipinski definition) is 2. The van der Waals surface area contributed by atoms with Crippen molar-refractivity contribution in [2.45, 2.75) is 82.9 Å². The minimum absolute atomic E-state index is 0.184. The molecule has 3 aromatic rings. The number of rotatable bonds is 5. The standard InChI is InChI=1S/C30H40ClFN4O2Si/c1-7-29(38)30(34-17-9-8-10-18-34,33-27(37)36(29)39(5,6)28(2,3)4)25-20-35(23-14-12-22(32)13-15-23)26-16-11-21(31)19-24(25)26/h11-16,19-20,38H,7-10,17-18H2,1-6H3,(H,33,37). The molecule has 210 valence electrons. The number of urea groups is 1. The largest absolute Gasteiger partial charge is 0.368 e. The number of fused-ring (bicyclic) bond motifs is 1. The summed E-state index contributed by atoms with van der Waals surface area (Å²) in [6, 6.07) is 11.8. The lowest BCUT2D eigenvalue weighted by Crippen LogP contribution is -2.72. The Bertz CT molecular complexity index is 1400. The van der Waals surface area contributed by atoms with Crippen LogP contribution in [0, 0.1) is 5.82 Å². The highest BCUT2D eigenvalue weighted by Gasteiger charge is 2.69. The molecule has 2 unspecified atom stereocenters. The zero-order valence-electron chi connectivity index (χ0n) is 23.8. The molecule has 2 aromatic carbocycles. The molecule has 5 rings (SSSR count). The average Bonchev–Trinajstić information content (AvgIpc) is 3.37. The molecular formula is C30H40ClFN4O2Si. The van der Waals surface area contributed by atoms with Gasteiger partial charge in [-0.1, -0.05) is 58.8 Å². The smallest absolute Gasteiger partial charge is 0.313 e. The lowest BCUT2D eigenvalue weighted by molar-refractivity contribution is -0.161. The Kier molecular flexibility index (Phi) is 6.94. The van der Waals surface area contributed by atoms with E-state index in [9.17, 15) is 14.3 Å². The van der Waals surface area contributed by atoms with Crippen LogP contribution in [0.3, 0.4) is 0 Å². The Balaban J connectivity index is 1.85. The number of amides is 2. The van der Waals surface area contributed by atoms with Crippen molar-refractivity contribution >= 4 is 36.8 Å². The first-order valence-corrected chi connectivity index (χ1v) is 17.3. The third-order valence-electron chi connectivity index (χ3n) is 9.42. The summed E-state index contributed by atoms with van der Waals surface area (Å²) in [7, 11) is -2.55. The van der Waals surface area contributed by atoms with Crippen molar-refractivity contribution < 1.29 is 14.3 Å². The highest BCUT2D eigenvalue weighted by atomic mass is 35.5. The number of benzene rings is 2. The van der Waals surface area contributed by atoms with Crippen LogP contribution < -0.4 is 5.32 Å². The first-order valence-electron chi connectivity index (χ1n) is 13.9. The van der Waals surface area contributed by atoms with Crippen molar-refractivity contribution in [2.24, 2.45) is 0 Å². The SMILES string of the molecule is CCC1(O)N([Si](C)(C)C(C)(C)C)C(=O)NC1(c1cn(-c2ccc(F)cc2)c2ccc(Cl)cc12)N1CCCCC1. The number of aromatic nitrogens is 1. The van der Waals surface area contributed by atoms with Gasteiger partial charge in [0.25, 0.3) is 0 Å². The number of halogens is 2. The molecule has 0 aliphatic carbocycles. The van der Waals surface area contributed by atoms with Crippen LogP contribution in [0.4, 0.5) is 9.18 Å². The number of aliphatic hydroxyl groups is 1. The molecule has 0 spiro atoms. The van der Waals surface area contributed by atoms with Crippen molar-refractivity contribution in [3.8, 4) is 5.69 Å². The second-order valence-electron chi connectivity index (χ2n) is 12.6. The number of nitrogens with one attached hydrogen (secondary N) is 1. The lowest BCUT2D eigenvalue weighted by atomic mass is 9.84. The Morgan fingerprint density at radius 1 is 1.08 bits per heavy atom. The fourth-order valence-electron chi connectivity index (χ4n) is 6.43. The van der Waals surface area contributed by atoms with Crippen molar-refractivity contribution in [3.05, 3.63) is 65.1 Å².